The molecule has 0 aliphatic carbocycles. The lowest BCUT2D eigenvalue weighted by molar-refractivity contribution is -0.137. The summed E-state index contributed by atoms with van der Waals surface area (Å²) < 4.78 is 0. The number of unbranched alkanes of at least 4 members (excludes halogenated alkanes) is 6. The highest BCUT2D eigenvalue weighted by atomic mass is 16.4. The Morgan fingerprint density at radius 1 is 1.00 bits per heavy atom. The van der Waals surface area contributed by atoms with Gasteiger partial charge in [0.05, 0.1) is 0 Å². The lowest BCUT2D eigenvalue weighted by Gasteiger charge is -2.11. The number of carboxylic acids is 1. The van der Waals surface area contributed by atoms with Crippen molar-refractivity contribution in [2.75, 3.05) is 0 Å². The van der Waals surface area contributed by atoms with Crippen LogP contribution >= 0.6 is 0 Å². The smallest absolute Gasteiger partial charge is 0.303 e. The average molecular weight is 282 g/mol. The zero-order valence-corrected chi connectivity index (χ0v) is 13.6. The van der Waals surface area contributed by atoms with Gasteiger partial charge in [0, 0.05) is 6.42 Å². The van der Waals surface area contributed by atoms with Crippen molar-refractivity contribution in [2.45, 2.75) is 90.9 Å². The molecule has 0 rings (SSSR count). The quantitative estimate of drug-likeness (QED) is 0.315. The highest BCUT2D eigenvalue weighted by Crippen LogP contribution is 2.18. The summed E-state index contributed by atoms with van der Waals surface area (Å²) in [5.74, 6) is 0.120. The Bertz CT molecular complexity index is 246. The second kappa shape index (κ2) is 14.6. The van der Waals surface area contributed by atoms with E-state index in [0.717, 1.165) is 18.8 Å². The van der Waals surface area contributed by atoms with Crippen LogP contribution in [-0.4, -0.2) is 11.1 Å². The molecule has 0 saturated carbocycles. The number of allylic oxidation sites excluding steroid dienone is 2. The highest BCUT2D eigenvalue weighted by molar-refractivity contribution is 5.66. The standard InChI is InChI=1S/C18H34O2/c1-3-5-6-7-8-9-11-14-17(4-2)15-12-10-13-16-18(19)20/h9,11,17H,3-8,10,12-16H2,1-2H3,(H,19,20). The molecule has 0 fully saturated rings. The lowest BCUT2D eigenvalue weighted by Crippen LogP contribution is -1.98. The molecule has 0 aromatic carbocycles. The van der Waals surface area contributed by atoms with Gasteiger partial charge in [-0.1, -0.05) is 70.9 Å². The molecule has 0 saturated heterocycles. The highest BCUT2D eigenvalue weighted by Gasteiger charge is 2.04. The molecule has 0 aliphatic rings. The SMILES string of the molecule is CCCCCCC=CCC(CC)CCCCCC(=O)O. The van der Waals surface area contributed by atoms with Gasteiger partial charge in [0.2, 0.25) is 0 Å². The molecule has 0 spiro atoms. The van der Waals surface area contributed by atoms with Gasteiger partial charge in [0.25, 0.3) is 0 Å². The largest absolute Gasteiger partial charge is 0.481 e. The minimum absolute atomic E-state index is 0.328. The second-order valence-corrected chi connectivity index (χ2v) is 5.82. The summed E-state index contributed by atoms with van der Waals surface area (Å²) in [4.78, 5) is 10.4. The minimum atomic E-state index is -0.664. The van der Waals surface area contributed by atoms with Crippen LogP contribution in [-0.2, 0) is 4.79 Å². The van der Waals surface area contributed by atoms with E-state index in [1.54, 1.807) is 0 Å². The number of aliphatic carboxylic acids is 1. The number of hydrogen-bond acceptors (Lipinski definition) is 1. The van der Waals surface area contributed by atoms with E-state index in [-0.39, 0.29) is 0 Å². The van der Waals surface area contributed by atoms with Crippen LogP contribution in [0.1, 0.15) is 90.9 Å². The molecule has 0 aromatic rings. The predicted octanol–water partition coefficient (Wildman–Crippen LogP) is 5.96. The van der Waals surface area contributed by atoms with Gasteiger partial charge >= 0.3 is 5.97 Å². The molecule has 0 radical (unpaired) electrons. The first-order valence-corrected chi connectivity index (χ1v) is 8.57. The Balaban J connectivity index is 3.50. The van der Waals surface area contributed by atoms with Crippen molar-refractivity contribution in [2.24, 2.45) is 5.92 Å². The van der Waals surface area contributed by atoms with E-state index in [2.05, 4.69) is 26.0 Å². The van der Waals surface area contributed by atoms with Gasteiger partial charge in [-0.15, -0.1) is 0 Å². The Hall–Kier alpha value is -0.790. The first kappa shape index (κ1) is 19.2. The number of rotatable bonds is 14. The zero-order chi connectivity index (χ0) is 15.1. The third-order valence-corrected chi connectivity index (χ3v) is 3.94. The molecule has 2 heteroatoms. The Morgan fingerprint density at radius 2 is 1.75 bits per heavy atom. The fourth-order valence-electron chi connectivity index (χ4n) is 2.47. The van der Waals surface area contributed by atoms with Crippen LogP contribution < -0.4 is 0 Å². The van der Waals surface area contributed by atoms with Crippen LogP contribution in [0.5, 0.6) is 0 Å². The van der Waals surface area contributed by atoms with Crippen LogP contribution in [0.3, 0.4) is 0 Å². The van der Waals surface area contributed by atoms with Crippen LogP contribution in [0, 0.1) is 5.92 Å². The van der Waals surface area contributed by atoms with Crippen LogP contribution in [0.15, 0.2) is 12.2 Å². The maximum Gasteiger partial charge on any atom is 0.303 e. The van der Waals surface area contributed by atoms with Crippen LogP contribution in [0.4, 0.5) is 0 Å². The summed E-state index contributed by atoms with van der Waals surface area (Å²) >= 11 is 0. The average Bonchev–Trinajstić information content (AvgIpc) is 2.43. The van der Waals surface area contributed by atoms with Crippen molar-refractivity contribution in [3.63, 3.8) is 0 Å². The number of carbonyl (C=O) groups is 1. The van der Waals surface area contributed by atoms with Crippen molar-refractivity contribution in [3.05, 3.63) is 12.2 Å². The van der Waals surface area contributed by atoms with Crippen molar-refractivity contribution in [3.8, 4) is 0 Å². The maximum absolute atomic E-state index is 10.4. The Labute approximate surface area is 125 Å². The van der Waals surface area contributed by atoms with Gasteiger partial charge in [0.15, 0.2) is 0 Å². The fraction of sp³-hybridized carbons (Fsp3) is 0.833. The minimum Gasteiger partial charge on any atom is -0.481 e. The predicted molar refractivity (Wildman–Crippen MR) is 87.0 cm³/mol. The molecule has 1 atom stereocenters. The molecule has 0 bridgehead atoms. The van der Waals surface area contributed by atoms with E-state index >= 15 is 0 Å². The monoisotopic (exact) mass is 282 g/mol. The molecule has 0 heterocycles. The Kier molecular flexibility index (Phi) is 14.0. The lowest BCUT2D eigenvalue weighted by atomic mass is 9.94. The van der Waals surface area contributed by atoms with Crippen molar-refractivity contribution >= 4 is 5.97 Å². The summed E-state index contributed by atoms with van der Waals surface area (Å²) in [7, 11) is 0. The Morgan fingerprint density at radius 3 is 2.40 bits per heavy atom. The van der Waals surface area contributed by atoms with Gasteiger partial charge in [-0.25, -0.2) is 0 Å². The normalized spacial score (nSPS) is 12.9. The van der Waals surface area contributed by atoms with E-state index in [0.29, 0.717) is 6.42 Å². The van der Waals surface area contributed by atoms with Gasteiger partial charge < -0.3 is 5.11 Å². The molecule has 0 amide bonds. The van der Waals surface area contributed by atoms with Crippen molar-refractivity contribution in [1.82, 2.24) is 0 Å². The molecule has 2 nitrogen and oxygen atoms in total. The van der Waals surface area contributed by atoms with Gasteiger partial charge in [-0.3, -0.25) is 4.79 Å². The summed E-state index contributed by atoms with van der Waals surface area (Å²) in [5, 5.41) is 8.58. The molecular weight excluding hydrogens is 248 g/mol. The molecule has 20 heavy (non-hydrogen) atoms. The van der Waals surface area contributed by atoms with Gasteiger partial charge in [0.1, 0.15) is 0 Å². The summed E-state index contributed by atoms with van der Waals surface area (Å²) in [5.41, 5.74) is 0. The van der Waals surface area contributed by atoms with E-state index < -0.39 is 5.97 Å². The van der Waals surface area contributed by atoms with Gasteiger partial charge in [-0.2, -0.15) is 0 Å². The second-order valence-electron chi connectivity index (χ2n) is 5.82. The van der Waals surface area contributed by atoms with Gasteiger partial charge in [-0.05, 0) is 31.6 Å². The number of hydrogen-bond donors (Lipinski definition) is 1. The fourth-order valence-corrected chi connectivity index (χ4v) is 2.47. The van der Waals surface area contributed by atoms with E-state index in [1.807, 2.05) is 0 Å². The molecular formula is C18H34O2. The summed E-state index contributed by atoms with van der Waals surface area (Å²) in [6.07, 6.45) is 18.4. The van der Waals surface area contributed by atoms with Crippen LogP contribution in [0.25, 0.3) is 0 Å². The summed E-state index contributed by atoms with van der Waals surface area (Å²) in [6.45, 7) is 4.51. The van der Waals surface area contributed by atoms with E-state index in [1.165, 1.54) is 57.8 Å². The first-order valence-electron chi connectivity index (χ1n) is 8.57. The molecule has 1 N–H and O–H groups in total. The zero-order valence-electron chi connectivity index (χ0n) is 13.6. The van der Waals surface area contributed by atoms with Crippen LogP contribution in [0.2, 0.25) is 0 Å². The van der Waals surface area contributed by atoms with Crippen molar-refractivity contribution < 1.29 is 9.90 Å². The molecule has 1 unspecified atom stereocenters. The van der Waals surface area contributed by atoms with E-state index in [9.17, 15) is 4.79 Å². The number of carboxylic acid groups (broad SMARTS) is 1. The molecule has 0 aromatic heterocycles. The third kappa shape index (κ3) is 13.6. The summed E-state index contributed by atoms with van der Waals surface area (Å²) in [6, 6.07) is 0. The first-order chi connectivity index (χ1) is 9.70. The maximum atomic E-state index is 10.4. The van der Waals surface area contributed by atoms with Crippen molar-refractivity contribution in [1.29, 1.82) is 0 Å². The molecule has 118 valence electrons. The third-order valence-electron chi connectivity index (χ3n) is 3.94. The van der Waals surface area contributed by atoms with E-state index in [4.69, 9.17) is 5.11 Å². The topological polar surface area (TPSA) is 37.3 Å². The molecule has 0 aliphatic heterocycles.